The standard InChI is InChI=1S/C21H12ClF3N2O3/c22-14-6-3-5-13(19(24)25)18(14)30-20-12-4-1-2-7-16(12)27(26-20)17-9-8-11(21(28)29)10-15(17)23/h1-10,19H,(H,28,29). The van der Waals surface area contributed by atoms with Crippen LogP contribution >= 0.6 is 11.6 Å². The average Bonchev–Trinajstić information content (AvgIpc) is 3.07. The predicted molar refractivity (Wildman–Crippen MR) is 104 cm³/mol. The third kappa shape index (κ3) is 3.46. The van der Waals surface area contributed by atoms with Gasteiger partial charge in [0.05, 0.1) is 27.1 Å². The van der Waals surface area contributed by atoms with E-state index < -0.39 is 23.8 Å². The van der Waals surface area contributed by atoms with Gasteiger partial charge in [0.2, 0.25) is 5.88 Å². The average molecular weight is 433 g/mol. The van der Waals surface area contributed by atoms with Crippen molar-refractivity contribution in [1.29, 1.82) is 0 Å². The van der Waals surface area contributed by atoms with Gasteiger partial charge >= 0.3 is 5.97 Å². The molecule has 0 amide bonds. The number of carboxylic acid groups (broad SMARTS) is 1. The fraction of sp³-hybridized carbons (Fsp3) is 0.0476. The first-order valence-electron chi connectivity index (χ1n) is 8.62. The molecular formula is C21H12ClF3N2O3. The van der Waals surface area contributed by atoms with E-state index in [0.29, 0.717) is 10.9 Å². The molecule has 30 heavy (non-hydrogen) atoms. The molecule has 3 aromatic carbocycles. The molecule has 0 aliphatic heterocycles. The number of carboxylic acids is 1. The van der Waals surface area contributed by atoms with E-state index in [-0.39, 0.29) is 27.9 Å². The zero-order chi connectivity index (χ0) is 21.4. The van der Waals surface area contributed by atoms with Crippen molar-refractivity contribution >= 4 is 28.5 Å². The maximum absolute atomic E-state index is 14.6. The largest absolute Gasteiger partial charge is 0.478 e. The van der Waals surface area contributed by atoms with Crippen LogP contribution in [0.5, 0.6) is 11.6 Å². The lowest BCUT2D eigenvalue weighted by atomic mass is 10.2. The molecule has 0 aliphatic carbocycles. The van der Waals surface area contributed by atoms with Gasteiger partial charge in [0, 0.05) is 0 Å². The van der Waals surface area contributed by atoms with Gasteiger partial charge < -0.3 is 9.84 Å². The molecule has 1 N–H and O–H groups in total. The third-order valence-electron chi connectivity index (χ3n) is 4.41. The smallest absolute Gasteiger partial charge is 0.335 e. The molecule has 4 aromatic rings. The molecule has 0 fully saturated rings. The zero-order valence-corrected chi connectivity index (χ0v) is 15.8. The van der Waals surface area contributed by atoms with E-state index in [4.69, 9.17) is 21.4 Å². The maximum Gasteiger partial charge on any atom is 0.335 e. The summed E-state index contributed by atoms with van der Waals surface area (Å²) in [6, 6.07) is 14.0. The number of aromatic carboxylic acids is 1. The van der Waals surface area contributed by atoms with Gasteiger partial charge in [-0.2, -0.15) is 0 Å². The van der Waals surface area contributed by atoms with Crippen LogP contribution in [0.25, 0.3) is 16.6 Å². The number of hydrogen-bond acceptors (Lipinski definition) is 3. The molecule has 0 saturated heterocycles. The van der Waals surface area contributed by atoms with Crippen LogP contribution in [0, 0.1) is 5.82 Å². The van der Waals surface area contributed by atoms with E-state index in [1.165, 1.54) is 35.0 Å². The van der Waals surface area contributed by atoms with Crippen molar-refractivity contribution < 1.29 is 27.8 Å². The number of carbonyl (C=O) groups is 1. The summed E-state index contributed by atoms with van der Waals surface area (Å²) in [5.41, 5.74) is -0.223. The lowest BCUT2D eigenvalue weighted by molar-refractivity contribution is 0.0696. The number of rotatable bonds is 5. The molecule has 0 aliphatic rings. The topological polar surface area (TPSA) is 64.3 Å². The molecule has 1 aromatic heterocycles. The first-order valence-corrected chi connectivity index (χ1v) is 9.00. The van der Waals surface area contributed by atoms with Crippen molar-refractivity contribution in [1.82, 2.24) is 9.78 Å². The van der Waals surface area contributed by atoms with Gasteiger partial charge in [0.1, 0.15) is 11.5 Å². The van der Waals surface area contributed by atoms with E-state index in [9.17, 15) is 18.0 Å². The number of aromatic nitrogens is 2. The number of fused-ring (bicyclic) bond motifs is 1. The van der Waals surface area contributed by atoms with E-state index in [0.717, 1.165) is 6.07 Å². The van der Waals surface area contributed by atoms with Crippen molar-refractivity contribution in [3.63, 3.8) is 0 Å². The quantitative estimate of drug-likeness (QED) is 0.405. The Morgan fingerprint density at radius 1 is 1.10 bits per heavy atom. The molecule has 5 nitrogen and oxygen atoms in total. The molecule has 0 spiro atoms. The Labute approximate surface area is 172 Å². The van der Waals surface area contributed by atoms with Gasteiger partial charge in [-0.3, -0.25) is 0 Å². The van der Waals surface area contributed by atoms with Crippen LogP contribution in [0.4, 0.5) is 13.2 Å². The molecule has 4 rings (SSSR count). The summed E-state index contributed by atoms with van der Waals surface area (Å²) in [4.78, 5) is 11.1. The Bertz CT molecular complexity index is 1270. The minimum atomic E-state index is -2.83. The molecule has 0 atom stereocenters. The van der Waals surface area contributed by atoms with Gasteiger partial charge in [-0.15, -0.1) is 5.10 Å². The van der Waals surface area contributed by atoms with Crippen LogP contribution < -0.4 is 4.74 Å². The monoisotopic (exact) mass is 432 g/mol. The van der Waals surface area contributed by atoms with E-state index in [1.807, 2.05) is 0 Å². The summed E-state index contributed by atoms with van der Waals surface area (Å²) >= 11 is 6.06. The van der Waals surface area contributed by atoms with Crippen LogP contribution in [0.3, 0.4) is 0 Å². The molecule has 0 bridgehead atoms. The summed E-state index contributed by atoms with van der Waals surface area (Å²) in [6.45, 7) is 0. The van der Waals surface area contributed by atoms with Gasteiger partial charge in [0.15, 0.2) is 5.75 Å². The van der Waals surface area contributed by atoms with Crippen LogP contribution in [0.2, 0.25) is 5.02 Å². The fourth-order valence-corrected chi connectivity index (χ4v) is 3.23. The lowest BCUT2D eigenvalue weighted by Crippen LogP contribution is -2.03. The Morgan fingerprint density at radius 3 is 2.57 bits per heavy atom. The number of para-hydroxylation sites is 2. The molecule has 0 saturated carbocycles. The Balaban J connectivity index is 1.87. The molecule has 1 heterocycles. The first-order chi connectivity index (χ1) is 14.4. The number of alkyl halides is 2. The number of benzene rings is 3. The Morgan fingerprint density at radius 2 is 1.87 bits per heavy atom. The SMILES string of the molecule is O=C(O)c1ccc(-n2nc(Oc3c(Cl)cccc3C(F)F)c3ccccc32)c(F)c1. The molecule has 9 heteroatoms. The minimum Gasteiger partial charge on any atom is -0.478 e. The zero-order valence-electron chi connectivity index (χ0n) is 15.0. The van der Waals surface area contributed by atoms with E-state index >= 15 is 0 Å². The van der Waals surface area contributed by atoms with Crippen molar-refractivity contribution in [2.24, 2.45) is 0 Å². The predicted octanol–water partition coefficient (Wildman–Crippen LogP) is 6.25. The maximum atomic E-state index is 14.6. The lowest BCUT2D eigenvalue weighted by Gasteiger charge is -2.10. The van der Waals surface area contributed by atoms with Crippen molar-refractivity contribution in [3.05, 3.63) is 82.6 Å². The highest BCUT2D eigenvalue weighted by molar-refractivity contribution is 6.32. The van der Waals surface area contributed by atoms with Crippen LogP contribution in [-0.2, 0) is 0 Å². The first kappa shape index (κ1) is 19.8. The second-order valence-corrected chi connectivity index (χ2v) is 6.67. The van der Waals surface area contributed by atoms with Gasteiger partial charge in [-0.05, 0) is 42.5 Å². The summed E-state index contributed by atoms with van der Waals surface area (Å²) in [7, 11) is 0. The van der Waals surface area contributed by atoms with Crippen LogP contribution in [-0.4, -0.2) is 20.9 Å². The number of nitrogens with zero attached hydrogens (tertiary/aromatic N) is 2. The second kappa shape index (κ2) is 7.72. The van der Waals surface area contributed by atoms with E-state index in [2.05, 4.69) is 5.10 Å². The number of ether oxygens (including phenoxy) is 1. The summed E-state index contributed by atoms with van der Waals surface area (Å²) in [5.74, 6) is -2.39. The highest BCUT2D eigenvalue weighted by Crippen LogP contribution is 2.40. The Kier molecular flexibility index (Phi) is 5.09. The second-order valence-electron chi connectivity index (χ2n) is 6.27. The van der Waals surface area contributed by atoms with Gasteiger partial charge in [0.25, 0.3) is 6.43 Å². The highest BCUT2D eigenvalue weighted by atomic mass is 35.5. The molecular weight excluding hydrogens is 421 g/mol. The summed E-state index contributed by atoms with van der Waals surface area (Å²) in [6.07, 6.45) is -2.83. The number of hydrogen-bond donors (Lipinski definition) is 1. The molecule has 152 valence electrons. The minimum absolute atomic E-state index is 0.0246. The van der Waals surface area contributed by atoms with Gasteiger partial charge in [-0.1, -0.05) is 29.8 Å². The van der Waals surface area contributed by atoms with Crippen molar-refractivity contribution in [2.75, 3.05) is 0 Å². The number of halogens is 4. The fourth-order valence-electron chi connectivity index (χ4n) is 3.01. The summed E-state index contributed by atoms with van der Waals surface area (Å²) < 4.78 is 48.3. The van der Waals surface area contributed by atoms with E-state index in [1.54, 1.807) is 24.3 Å². The van der Waals surface area contributed by atoms with Gasteiger partial charge in [-0.25, -0.2) is 22.6 Å². The highest BCUT2D eigenvalue weighted by Gasteiger charge is 2.22. The normalized spacial score (nSPS) is 11.2. The Hall–Kier alpha value is -3.52. The molecule has 0 radical (unpaired) electrons. The molecule has 0 unspecified atom stereocenters. The third-order valence-corrected chi connectivity index (χ3v) is 4.71. The van der Waals surface area contributed by atoms with Crippen molar-refractivity contribution in [3.8, 4) is 17.3 Å². The summed E-state index contributed by atoms with van der Waals surface area (Å²) in [5, 5.41) is 13.7. The van der Waals surface area contributed by atoms with Crippen molar-refractivity contribution in [2.45, 2.75) is 6.43 Å². The van der Waals surface area contributed by atoms with Crippen LogP contribution in [0.1, 0.15) is 22.3 Å². The van der Waals surface area contributed by atoms with Crippen LogP contribution in [0.15, 0.2) is 60.7 Å².